The van der Waals surface area contributed by atoms with E-state index in [0.717, 1.165) is 19.3 Å². The maximum Gasteiger partial charge on any atom is 0.237 e. The first-order valence-electron chi connectivity index (χ1n) is 4.54. The van der Waals surface area contributed by atoms with E-state index in [0.29, 0.717) is 0 Å². The molecule has 0 amide bonds. The van der Waals surface area contributed by atoms with Crippen LogP contribution in [0.2, 0.25) is 0 Å². The van der Waals surface area contributed by atoms with Gasteiger partial charge in [-0.05, 0) is 12.8 Å². The Hall–Kier alpha value is -1.86. The normalized spacial score (nSPS) is 25.6. The molecule has 0 aromatic rings. The average molecular weight is 207 g/mol. The highest BCUT2D eigenvalue weighted by Gasteiger charge is 2.33. The second-order valence-corrected chi connectivity index (χ2v) is 3.24. The highest BCUT2D eigenvalue weighted by atomic mass is 16.1. The van der Waals surface area contributed by atoms with Crippen LogP contribution in [0.15, 0.2) is 15.0 Å². The molecule has 6 nitrogen and oxygen atoms in total. The van der Waals surface area contributed by atoms with E-state index in [-0.39, 0.29) is 12.0 Å². The number of nitrogens with zero attached hydrogens (tertiary/aromatic N) is 3. The maximum absolute atomic E-state index is 10.1. The largest absolute Gasteiger partial charge is 0.237 e. The van der Waals surface area contributed by atoms with Crippen molar-refractivity contribution in [1.82, 2.24) is 0 Å². The van der Waals surface area contributed by atoms with Gasteiger partial charge in [-0.2, -0.15) is 9.98 Å². The van der Waals surface area contributed by atoms with Crippen LogP contribution in [0.5, 0.6) is 0 Å². The second kappa shape index (κ2) is 5.78. The fraction of sp³-hybridized carbons (Fsp3) is 0.667. The van der Waals surface area contributed by atoms with Gasteiger partial charge in [-0.3, -0.25) is 0 Å². The van der Waals surface area contributed by atoms with Gasteiger partial charge in [-0.25, -0.2) is 19.4 Å². The van der Waals surface area contributed by atoms with Gasteiger partial charge in [0.25, 0.3) is 0 Å². The molecule has 0 spiro atoms. The van der Waals surface area contributed by atoms with Gasteiger partial charge in [-0.15, -0.1) is 0 Å². The van der Waals surface area contributed by atoms with E-state index in [9.17, 15) is 14.4 Å². The third kappa shape index (κ3) is 2.79. The Morgan fingerprint density at radius 3 is 2.20 bits per heavy atom. The lowest BCUT2D eigenvalue weighted by molar-refractivity contribution is 0.397. The summed E-state index contributed by atoms with van der Waals surface area (Å²) in [4.78, 5) is 40.8. The quantitative estimate of drug-likeness (QED) is 0.496. The fourth-order valence-corrected chi connectivity index (χ4v) is 1.87. The lowest BCUT2D eigenvalue weighted by Gasteiger charge is -2.15. The van der Waals surface area contributed by atoms with Crippen molar-refractivity contribution in [2.45, 2.75) is 31.5 Å². The highest BCUT2D eigenvalue weighted by Crippen LogP contribution is 2.32. The lowest BCUT2D eigenvalue weighted by atomic mass is 10.0. The molecule has 0 aromatic carbocycles. The van der Waals surface area contributed by atoms with Crippen LogP contribution >= 0.6 is 0 Å². The van der Waals surface area contributed by atoms with Crippen LogP contribution in [0, 0.1) is 5.92 Å². The molecule has 6 heteroatoms. The summed E-state index contributed by atoms with van der Waals surface area (Å²) in [6, 6.07) is -0.262. The van der Waals surface area contributed by atoms with Crippen LogP contribution < -0.4 is 0 Å². The number of hydrogen-bond acceptors (Lipinski definition) is 6. The summed E-state index contributed by atoms with van der Waals surface area (Å²) in [6.45, 7) is 0. The molecule has 0 aliphatic heterocycles. The Bertz CT molecular complexity index is 345. The monoisotopic (exact) mass is 207 g/mol. The summed E-state index contributed by atoms with van der Waals surface area (Å²) in [5.41, 5.74) is 0. The summed E-state index contributed by atoms with van der Waals surface area (Å²) in [5, 5.41) is 0. The zero-order chi connectivity index (χ0) is 11.1. The predicted molar refractivity (Wildman–Crippen MR) is 49.3 cm³/mol. The molecule has 0 N–H and O–H groups in total. The summed E-state index contributed by atoms with van der Waals surface area (Å²) in [5.74, 6) is -0.200. The minimum atomic E-state index is -0.815. The Kier molecular flexibility index (Phi) is 4.32. The zero-order valence-electron chi connectivity index (χ0n) is 7.92. The first-order chi connectivity index (χ1) is 7.33. The van der Waals surface area contributed by atoms with Gasteiger partial charge in [0.2, 0.25) is 18.2 Å². The Labute approximate surface area is 85.8 Å². The SMILES string of the molecule is O=C=NC1CCCC1C(N=C=O)N=C=O. The van der Waals surface area contributed by atoms with Gasteiger partial charge in [0.05, 0.1) is 6.04 Å². The van der Waals surface area contributed by atoms with Crippen LogP contribution in [-0.2, 0) is 14.4 Å². The van der Waals surface area contributed by atoms with Crippen LogP contribution in [0.4, 0.5) is 0 Å². The maximum atomic E-state index is 10.1. The molecular formula is C9H9N3O3. The van der Waals surface area contributed by atoms with Crippen molar-refractivity contribution in [1.29, 1.82) is 0 Å². The van der Waals surface area contributed by atoms with Gasteiger partial charge < -0.3 is 0 Å². The van der Waals surface area contributed by atoms with Crippen molar-refractivity contribution in [3.8, 4) is 0 Å². The molecule has 0 heterocycles. The van der Waals surface area contributed by atoms with Gasteiger partial charge in [0.1, 0.15) is 0 Å². The van der Waals surface area contributed by atoms with E-state index < -0.39 is 6.17 Å². The molecule has 0 bridgehead atoms. The number of hydrogen-bond donors (Lipinski definition) is 0. The average Bonchev–Trinajstić information content (AvgIpc) is 2.66. The van der Waals surface area contributed by atoms with Crippen molar-refractivity contribution < 1.29 is 14.4 Å². The molecule has 0 aromatic heterocycles. The molecule has 1 saturated carbocycles. The fourth-order valence-electron chi connectivity index (χ4n) is 1.87. The van der Waals surface area contributed by atoms with Crippen LogP contribution in [0.25, 0.3) is 0 Å². The van der Waals surface area contributed by atoms with E-state index in [1.165, 1.54) is 18.2 Å². The molecule has 1 fully saturated rings. The molecule has 0 saturated heterocycles. The third-order valence-electron chi connectivity index (χ3n) is 2.50. The lowest BCUT2D eigenvalue weighted by Crippen LogP contribution is -2.23. The Morgan fingerprint density at radius 1 is 1.00 bits per heavy atom. The Balaban J connectivity index is 2.86. The zero-order valence-corrected chi connectivity index (χ0v) is 7.92. The van der Waals surface area contributed by atoms with Crippen molar-refractivity contribution in [2.24, 2.45) is 20.9 Å². The molecule has 2 unspecified atom stereocenters. The molecule has 15 heavy (non-hydrogen) atoms. The first-order valence-corrected chi connectivity index (χ1v) is 4.54. The standard InChI is InChI=1S/C9H9N3O3/c13-4-10-8-3-1-2-7(8)9(11-5-14)12-6-15/h7-9H,1-3H2. The molecule has 78 valence electrons. The number of rotatable bonds is 4. The summed E-state index contributed by atoms with van der Waals surface area (Å²) in [6.07, 6.45) is 5.67. The Morgan fingerprint density at radius 2 is 1.67 bits per heavy atom. The predicted octanol–water partition coefficient (Wildman–Crippen LogP) is 0.489. The molecule has 1 rings (SSSR count). The van der Waals surface area contributed by atoms with Crippen LogP contribution in [0.3, 0.4) is 0 Å². The number of isocyanates is 3. The molecular weight excluding hydrogens is 198 g/mol. The smallest absolute Gasteiger partial charge is 0.211 e. The van der Waals surface area contributed by atoms with Crippen molar-refractivity contribution in [3.63, 3.8) is 0 Å². The van der Waals surface area contributed by atoms with E-state index >= 15 is 0 Å². The van der Waals surface area contributed by atoms with Crippen molar-refractivity contribution in [2.75, 3.05) is 0 Å². The van der Waals surface area contributed by atoms with Gasteiger partial charge >= 0.3 is 0 Å². The van der Waals surface area contributed by atoms with E-state index in [4.69, 9.17) is 0 Å². The summed E-state index contributed by atoms with van der Waals surface area (Å²) < 4.78 is 0. The molecule has 0 radical (unpaired) electrons. The van der Waals surface area contributed by atoms with Crippen molar-refractivity contribution >= 4 is 18.2 Å². The summed E-state index contributed by atoms with van der Waals surface area (Å²) >= 11 is 0. The van der Waals surface area contributed by atoms with Crippen LogP contribution in [-0.4, -0.2) is 30.4 Å². The molecule has 2 atom stereocenters. The van der Waals surface area contributed by atoms with E-state index in [1.807, 2.05) is 0 Å². The minimum Gasteiger partial charge on any atom is -0.211 e. The topological polar surface area (TPSA) is 88.3 Å². The van der Waals surface area contributed by atoms with Crippen LogP contribution in [0.1, 0.15) is 19.3 Å². The summed E-state index contributed by atoms with van der Waals surface area (Å²) in [7, 11) is 0. The van der Waals surface area contributed by atoms with Gasteiger partial charge in [0.15, 0.2) is 6.17 Å². The van der Waals surface area contributed by atoms with E-state index in [1.54, 1.807) is 0 Å². The highest BCUT2D eigenvalue weighted by molar-refractivity contribution is 5.38. The molecule has 1 aliphatic rings. The first kappa shape index (κ1) is 11.2. The van der Waals surface area contributed by atoms with Gasteiger partial charge in [0, 0.05) is 5.92 Å². The van der Waals surface area contributed by atoms with Crippen molar-refractivity contribution in [3.05, 3.63) is 0 Å². The number of aliphatic imine (C=N–C) groups is 3. The third-order valence-corrected chi connectivity index (χ3v) is 2.50. The second-order valence-electron chi connectivity index (χ2n) is 3.24. The minimum absolute atomic E-state index is 0.200. The van der Waals surface area contributed by atoms with E-state index in [2.05, 4.69) is 15.0 Å². The van der Waals surface area contributed by atoms with Gasteiger partial charge in [-0.1, -0.05) is 6.42 Å². The molecule has 1 aliphatic carbocycles. The number of carbonyl (C=O) groups excluding carboxylic acids is 3.